The number of rotatable bonds is 12. The van der Waals surface area contributed by atoms with E-state index in [0.29, 0.717) is 6.42 Å². The van der Waals surface area contributed by atoms with Gasteiger partial charge < -0.3 is 4.79 Å². The molecule has 2 heteroatoms. The molecule has 0 aromatic rings. The second-order valence-corrected chi connectivity index (χ2v) is 4.43. The molecule has 0 saturated carbocycles. The number of hydrogen-bond acceptors (Lipinski definition) is 1. The van der Waals surface area contributed by atoms with Gasteiger partial charge in [-0.25, -0.2) is 0 Å². The first-order chi connectivity index (χ1) is 7.41. The molecule has 0 atom stereocenters. The van der Waals surface area contributed by atoms with E-state index < -0.39 is 0 Å². The van der Waals surface area contributed by atoms with Gasteiger partial charge in [-0.1, -0.05) is 77.6 Å². The fourth-order valence-corrected chi connectivity index (χ4v) is 1.86. The minimum Gasteiger partial charge on any atom is -0.542 e. The zero-order valence-corrected chi connectivity index (χ0v) is 14.5. The molecule has 0 aliphatic heterocycles. The molecule has 0 bridgehead atoms. The summed E-state index contributed by atoms with van der Waals surface area (Å²) in [5.41, 5.74) is 0. The molecule has 0 amide bonds. The topological polar surface area (TPSA) is 17.1 Å². The summed E-state index contributed by atoms with van der Waals surface area (Å²) in [5, 5.41) is 0. The van der Waals surface area contributed by atoms with Crippen molar-refractivity contribution in [1.82, 2.24) is 0 Å². The van der Waals surface area contributed by atoms with Crippen LogP contribution in [0.25, 0.3) is 0 Å². The maximum absolute atomic E-state index is 9.94. The summed E-state index contributed by atoms with van der Waals surface area (Å²) in [4.78, 5) is 9.94. The van der Waals surface area contributed by atoms with Gasteiger partial charge in [0.2, 0.25) is 0 Å². The van der Waals surface area contributed by atoms with Crippen LogP contribution in [-0.2, 0) is 4.79 Å². The maximum Gasteiger partial charge on any atom is 1.00 e. The van der Waals surface area contributed by atoms with Crippen molar-refractivity contribution in [2.45, 2.75) is 84.0 Å². The molecule has 16 heavy (non-hydrogen) atoms. The van der Waals surface area contributed by atoms with Crippen LogP contribution in [0.15, 0.2) is 0 Å². The Kier molecular flexibility index (Phi) is 22.9. The molecule has 0 aromatic heterocycles. The van der Waals surface area contributed by atoms with E-state index in [-0.39, 0.29) is 51.4 Å². The molecular formula is C14H27KO. The monoisotopic (exact) mass is 250 g/mol. The molecule has 1 nitrogen and oxygen atoms in total. The minimum atomic E-state index is 0. The van der Waals surface area contributed by atoms with Crippen LogP contribution >= 0.6 is 0 Å². The zero-order chi connectivity index (χ0) is 11.2. The summed E-state index contributed by atoms with van der Waals surface area (Å²) in [6.07, 6.45) is 17.3. The Hall–Kier alpha value is 1.31. The van der Waals surface area contributed by atoms with Gasteiger partial charge >= 0.3 is 51.4 Å². The van der Waals surface area contributed by atoms with Gasteiger partial charge in [-0.2, -0.15) is 6.42 Å². The van der Waals surface area contributed by atoms with Crippen LogP contribution in [0.4, 0.5) is 0 Å². The van der Waals surface area contributed by atoms with Crippen LogP contribution in [-0.4, -0.2) is 6.29 Å². The molecule has 0 unspecified atom stereocenters. The van der Waals surface area contributed by atoms with Gasteiger partial charge in [-0.05, 0) is 0 Å². The molecule has 90 valence electrons. The Bertz CT molecular complexity index is 126. The fraction of sp³-hybridized carbons (Fsp3) is 0.929. The minimum absolute atomic E-state index is 0. The molecule has 0 saturated heterocycles. The van der Waals surface area contributed by atoms with Crippen LogP contribution in [0.1, 0.15) is 84.0 Å². The maximum atomic E-state index is 9.94. The average Bonchev–Trinajstić information content (AvgIpc) is 2.26. The van der Waals surface area contributed by atoms with E-state index >= 15 is 0 Å². The third kappa shape index (κ3) is 17.7. The smallest absolute Gasteiger partial charge is 0.542 e. The van der Waals surface area contributed by atoms with Crippen molar-refractivity contribution >= 4 is 6.29 Å². The standard InChI is InChI=1S/C14H27O.K/c1-2-3-4-5-6-7-8-9-10-11-12-13-14-15;/h2-13H2,1H3;/q-1;+1. The second-order valence-electron chi connectivity index (χ2n) is 4.43. The summed E-state index contributed by atoms with van der Waals surface area (Å²) < 4.78 is 0. The van der Waals surface area contributed by atoms with E-state index in [4.69, 9.17) is 0 Å². The molecule has 0 N–H and O–H groups in total. The molecule has 0 aliphatic carbocycles. The predicted molar refractivity (Wildman–Crippen MR) is 66.8 cm³/mol. The summed E-state index contributed by atoms with van der Waals surface area (Å²) in [6, 6.07) is 0. The van der Waals surface area contributed by atoms with E-state index in [1.807, 2.05) is 6.29 Å². The first kappa shape index (κ1) is 19.6. The van der Waals surface area contributed by atoms with Gasteiger partial charge in [0.1, 0.15) is 0 Å². The van der Waals surface area contributed by atoms with E-state index in [0.717, 1.165) is 6.42 Å². The van der Waals surface area contributed by atoms with Gasteiger partial charge in [0.25, 0.3) is 0 Å². The van der Waals surface area contributed by atoms with Crippen molar-refractivity contribution in [3.05, 3.63) is 0 Å². The van der Waals surface area contributed by atoms with Gasteiger partial charge in [-0.3, -0.25) is 6.29 Å². The van der Waals surface area contributed by atoms with Crippen LogP contribution in [0.2, 0.25) is 0 Å². The number of hydrogen-bond donors (Lipinski definition) is 0. The molecule has 0 rings (SSSR count). The molecular weight excluding hydrogens is 223 g/mol. The van der Waals surface area contributed by atoms with Gasteiger partial charge in [0, 0.05) is 0 Å². The summed E-state index contributed by atoms with van der Waals surface area (Å²) in [6.45, 7) is 2.26. The Morgan fingerprint density at radius 2 is 1.06 bits per heavy atom. The normalized spacial score (nSPS) is 9.81. The third-order valence-electron chi connectivity index (χ3n) is 2.88. The van der Waals surface area contributed by atoms with Crippen molar-refractivity contribution < 1.29 is 56.2 Å². The molecule has 0 fully saturated rings. The Labute approximate surface area is 145 Å². The van der Waals surface area contributed by atoms with E-state index in [1.165, 1.54) is 64.2 Å². The average molecular weight is 250 g/mol. The van der Waals surface area contributed by atoms with Gasteiger partial charge in [0.15, 0.2) is 0 Å². The van der Waals surface area contributed by atoms with E-state index in [1.54, 1.807) is 0 Å². The van der Waals surface area contributed by atoms with Crippen molar-refractivity contribution in [2.24, 2.45) is 0 Å². The Morgan fingerprint density at radius 3 is 1.44 bits per heavy atom. The van der Waals surface area contributed by atoms with Crippen molar-refractivity contribution in [3.63, 3.8) is 0 Å². The van der Waals surface area contributed by atoms with Crippen LogP contribution in [0, 0.1) is 0 Å². The first-order valence-electron chi connectivity index (χ1n) is 6.76. The van der Waals surface area contributed by atoms with Gasteiger partial charge in [0.05, 0.1) is 0 Å². The SMILES string of the molecule is CCCCCCCCCCCCC[C-]=O.[K+]. The Morgan fingerprint density at radius 1 is 0.688 bits per heavy atom. The van der Waals surface area contributed by atoms with Gasteiger partial charge in [-0.15, -0.1) is 0 Å². The van der Waals surface area contributed by atoms with E-state index in [9.17, 15) is 4.79 Å². The summed E-state index contributed by atoms with van der Waals surface area (Å²) in [5.74, 6) is 0. The molecule has 0 radical (unpaired) electrons. The van der Waals surface area contributed by atoms with Crippen LogP contribution in [0.5, 0.6) is 0 Å². The summed E-state index contributed by atoms with van der Waals surface area (Å²) in [7, 11) is 0. The fourth-order valence-electron chi connectivity index (χ4n) is 1.86. The number of carbonyl (C=O) groups excluding carboxylic acids is 1. The van der Waals surface area contributed by atoms with Crippen molar-refractivity contribution in [2.75, 3.05) is 0 Å². The van der Waals surface area contributed by atoms with E-state index in [2.05, 4.69) is 6.92 Å². The quantitative estimate of drug-likeness (QED) is 0.293. The molecule has 0 aliphatic rings. The van der Waals surface area contributed by atoms with Crippen LogP contribution < -0.4 is 51.4 Å². The van der Waals surface area contributed by atoms with Crippen molar-refractivity contribution in [1.29, 1.82) is 0 Å². The first-order valence-corrected chi connectivity index (χ1v) is 6.76. The molecule has 0 spiro atoms. The molecule has 0 heterocycles. The predicted octanol–water partition coefficient (Wildman–Crippen LogP) is 1.80. The summed E-state index contributed by atoms with van der Waals surface area (Å²) >= 11 is 0. The largest absolute Gasteiger partial charge is 1.00 e. The molecule has 0 aromatic carbocycles. The van der Waals surface area contributed by atoms with Crippen LogP contribution in [0.3, 0.4) is 0 Å². The number of unbranched alkanes of at least 4 members (excludes halogenated alkanes) is 11. The Balaban J connectivity index is 0. The third-order valence-corrected chi connectivity index (χ3v) is 2.88. The zero-order valence-electron chi connectivity index (χ0n) is 11.4. The second kappa shape index (κ2) is 18.7. The van der Waals surface area contributed by atoms with Crippen molar-refractivity contribution in [3.8, 4) is 0 Å².